The molecule has 7 heteroatoms. The molecule has 1 aliphatic heterocycles. The van der Waals surface area contributed by atoms with E-state index >= 15 is 0 Å². The Balaban J connectivity index is 1.50. The number of amides is 1. The molecule has 24 heavy (non-hydrogen) atoms. The first-order valence-electron chi connectivity index (χ1n) is 8.55. The number of piperazine rings is 1. The Bertz CT molecular complexity index is 647. The van der Waals surface area contributed by atoms with E-state index in [1.54, 1.807) is 11.3 Å². The lowest BCUT2D eigenvalue weighted by Crippen LogP contribution is -2.49. The molecule has 0 radical (unpaired) electrons. The van der Waals surface area contributed by atoms with E-state index in [1.165, 1.54) is 0 Å². The van der Waals surface area contributed by atoms with Gasteiger partial charge in [-0.05, 0) is 17.9 Å². The summed E-state index contributed by atoms with van der Waals surface area (Å²) in [6.45, 7) is 8.05. The van der Waals surface area contributed by atoms with Gasteiger partial charge in [0.1, 0.15) is 0 Å². The molecule has 130 valence electrons. The van der Waals surface area contributed by atoms with Crippen LogP contribution in [-0.4, -0.2) is 52.0 Å². The van der Waals surface area contributed by atoms with Crippen molar-refractivity contribution in [1.82, 2.24) is 19.9 Å². The van der Waals surface area contributed by atoms with Crippen LogP contribution in [0.5, 0.6) is 0 Å². The normalized spacial score (nSPS) is 17.2. The van der Waals surface area contributed by atoms with Crippen LogP contribution >= 0.6 is 11.3 Å². The van der Waals surface area contributed by atoms with Crippen molar-refractivity contribution >= 4 is 17.2 Å². The lowest BCUT2D eigenvalue weighted by atomic mass is 10.0. The molecule has 1 unspecified atom stereocenters. The van der Waals surface area contributed by atoms with Crippen LogP contribution in [-0.2, 0) is 11.3 Å². The van der Waals surface area contributed by atoms with Crippen LogP contribution in [0.2, 0.25) is 0 Å². The summed E-state index contributed by atoms with van der Waals surface area (Å²) in [4.78, 5) is 22.1. The number of nitrogens with zero attached hydrogens (tertiary/aromatic N) is 4. The third-order valence-electron chi connectivity index (χ3n) is 4.40. The molecule has 0 spiro atoms. The fraction of sp³-hybridized carbons (Fsp3) is 0.588. The molecule has 1 fully saturated rings. The molecule has 0 aromatic carbocycles. The highest BCUT2D eigenvalue weighted by Crippen LogP contribution is 2.22. The van der Waals surface area contributed by atoms with E-state index in [4.69, 9.17) is 4.52 Å². The molecule has 0 bridgehead atoms. The highest BCUT2D eigenvalue weighted by Gasteiger charge is 2.25. The quantitative estimate of drug-likeness (QED) is 0.803. The molecule has 1 atom stereocenters. The maximum atomic E-state index is 12.4. The van der Waals surface area contributed by atoms with Crippen LogP contribution in [0.3, 0.4) is 0 Å². The molecule has 0 saturated carbocycles. The van der Waals surface area contributed by atoms with Gasteiger partial charge < -0.3 is 9.42 Å². The van der Waals surface area contributed by atoms with Crippen molar-refractivity contribution in [2.45, 2.75) is 33.2 Å². The van der Waals surface area contributed by atoms with E-state index in [-0.39, 0.29) is 11.8 Å². The third-order valence-corrected chi connectivity index (χ3v) is 5.26. The van der Waals surface area contributed by atoms with Crippen LogP contribution in [0.25, 0.3) is 10.7 Å². The average molecular weight is 348 g/mol. The molecular weight excluding hydrogens is 324 g/mol. The summed E-state index contributed by atoms with van der Waals surface area (Å²) >= 11 is 1.60. The third kappa shape index (κ3) is 4.02. The van der Waals surface area contributed by atoms with Gasteiger partial charge in [0.25, 0.3) is 0 Å². The van der Waals surface area contributed by atoms with Gasteiger partial charge in [0.2, 0.25) is 17.6 Å². The summed E-state index contributed by atoms with van der Waals surface area (Å²) in [5.74, 6) is 1.71. The van der Waals surface area contributed by atoms with E-state index in [1.807, 2.05) is 29.3 Å². The SMILES string of the molecule is CCCC(C)C(=O)N1CCN(Cc2nc(-c3cccs3)no2)CC1. The van der Waals surface area contributed by atoms with Gasteiger partial charge in [-0.15, -0.1) is 11.3 Å². The minimum Gasteiger partial charge on any atom is -0.340 e. The zero-order valence-electron chi connectivity index (χ0n) is 14.3. The van der Waals surface area contributed by atoms with Crippen molar-refractivity contribution in [2.24, 2.45) is 5.92 Å². The molecule has 1 saturated heterocycles. The number of carbonyl (C=O) groups excluding carboxylic acids is 1. The number of hydrogen-bond acceptors (Lipinski definition) is 6. The topological polar surface area (TPSA) is 62.5 Å². The van der Waals surface area contributed by atoms with Gasteiger partial charge in [0, 0.05) is 32.1 Å². The minimum atomic E-state index is 0.130. The fourth-order valence-corrected chi connectivity index (χ4v) is 3.66. The van der Waals surface area contributed by atoms with E-state index < -0.39 is 0 Å². The smallest absolute Gasteiger partial charge is 0.241 e. The van der Waals surface area contributed by atoms with Crippen LogP contribution in [0.1, 0.15) is 32.6 Å². The first-order valence-corrected chi connectivity index (χ1v) is 9.43. The van der Waals surface area contributed by atoms with Crippen LogP contribution in [0.15, 0.2) is 22.0 Å². The zero-order valence-corrected chi connectivity index (χ0v) is 15.1. The Morgan fingerprint density at radius 1 is 1.38 bits per heavy atom. The predicted octanol–water partition coefficient (Wildman–Crippen LogP) is 2.88. The summed E-state index contributed by atoms with van der Waals surface area (Å²) in [5.41, 5.74) is 0. The second-order valence-corrected chi connectivity index (χ2v) is 7.23. The number of hydrogen-bond donors (Lipinski definition) is 0. The summed E-state index contributed by atoms with van der Waals surface area (Å²) in [7, 11) is 0. The van der Waals surface area contributed by atoms with Crippen molar-refractivity contribution in [3.8, 4) is 10.7 Å². The first kappa shape index (κ1) is 17.1. The standard InChI is InChI=1S/C17H24N4O2S/c1-3-5-13(2)17(22)21-9-7-20(8-10-21)12-15-18-16(19-23-15)14-6-4-11-24-14/h4,6,11,13H,3,5,7-10,12H2,1-2H3. The molecule has 0 aliphatic carbocycles. The predicted molar refractivity (Wildman–Crippen MR) is 93.5 cm³/mol. The Morgan fingerprint density at radius 3 is 2.83 bits per heavy atom. The number of rotatable bonds is 6. The molecular formula is C17H24N4O2S. The van der Waals surface area contributed by atoms with Gasteiger partial charge in [-0.3, -0.25) is 9.69 Å². The van der Waals surface area contributed by atoms with Crippen LogP contribution < -0.4 is 0 Å². The second-order valence-electron chi connectivity index (χ2n) is 6.28. The molecule has 2 aromatic heterocycles. The Labute approximate surface area is 146 Å². The Kier molecular flexibility index (Phi) is 5.63. The largest absolute Gasteiger partial charge is 0.340 e. The van der Waals surface area contributed by atoms with Gasteiger partial charge in [0.05, 0.1) is 11.4 Å². The van der Waals surface area contributed by atoms with E-state index in [9.17, 15) is 4.79 Å². The van der Waals surface area contributed by atoms with E-state index in [0.29, 0.717) is 18.3 Å². The Morgan fingerprint density at radius 2 is 2.17 bits per heavy atom. The molecule has 3 heterocycles. The van der Waals surface area contributed by atoms with Crippen molar-refractivity contribution < 1.29 is 9.32 Å². The van der Waals surface area contributed by atoms with Crippen LogP contribution in [0.4, 0.5) is 0 Å². The van der Waals surface area contributed by atoms with Gasteiger partial charge >= 0.3 is 0 Å². The molecule has 6 nitrogen and oxygen atoms in total. The van der Waals surface area contributed by atoms with Crippen LogP contribution in [0, 0.1) is 5.92 Å². The van der Waals surface area contributed by atoms with Gasteiger partial charge in [0.15, 0.2) is 0 Å². The van der Waals surface area contributed by atoms with E-state index in [2.05, 4.69) is 22.0 Å². The van der Waals surface area contributed by atoms with Crippen molar-refractivity contribution in [3.05, 3.63) is 23.4 Å². The molecule has 1 amide bonds. The lowest BCUT2D eigenvalue weighted by Gasteiger charge is -2.35. The first-order chi connectivity index (χ1) is 11.7. The highest BCUT2D eigenvalue weighted by molar-refractivity contribution is 7.13. The minimum absolute atomic E-state index is 0.130. The lowest BCUT2D eigenvalue weighted by molar-refractivity contribution is -0.137. The summed E-state index contributed by atoms with van der Waals surface area (Å²) in [6.07, 6.45) is 2.02. The van der Waals surface area contributed by atoms with Crippen molar-refractivity contribution in [2.75, 3.05) is 26.2 Å². The molecule has 3 rings (SSSR count). The second kappa shape index (κ2) is 7.90. The molecule has 2 aromatic rings. The highest BCUT2D eigenvalue weighted by atomic mass is 32.1. The Hall–Kier alpha value is -1.73. The molecule has 1 aliphatic rings. The summed E-state index contributed by atoms with van der Waals surface area (Å²) in [5, 5.41) is 6.05. The van der Waals surface area contributed by atoms with Gasteiger partial charge in [-0.1, -0.05) is 31.5 Å². The zero-order chi connectivity index (χ0) is 16.9. The van der Waals surface area contributed by atoms with Crippen molar-refractivity contribution in [1.29, 1.82) is 0 Å². The van der Waals surface area contributed by atoms with E-state index in [0.717, 1.165) is 43.9 Å². The maximum Gasteiger partial charge on any atom is 0.241 e. The number of thiophene rings is 1. The maximum absolute atomic E-state index is 12.4. The van der Waals surface area contributed by atoms with Crippen molar-refractivity contribution in [3.63, 3.8) is 0 Å². The van der Waals surface area contributed by atoms with Gasteiger partial charge in [-0.25, -0.2) is 0 Å². The van der Waals surface area contributed by atoms with Gasteiger partial charge in [-0.2, -0.15) is 4.98 Å². The monoisotopic (exact) mass is 348 g/mol. The number of carbonyl (C=O) groups is 1. The summed E-state index contributed by atoms with van der Waals surface area (Å²) in [6, 6.07) is 3.97. The molecule has 0 N–H and O–H groups in total. The average Bonchev–Trinajstić information content (AvgIpc) is 3.26. The fourth-order valence-electron chi connectivity index (χ4n) is 3.01. The summed E-state index contributed by atoms with van der Waals surface area (Å²) < 4.78 is 5.36. The number of aromatic nitrogens is 2.